The van der Waals surface area contributed by atoms with Crippen molar-refractivity contribution < 1.29 is 4.74 Å². The molecule has 1 aliphatic heterocycles. The van der Waals surface area contributed by atoms with Crippen molar-refractivity contribution in [3.63, 3.8) is 0 Å². The number of benzene rings is 2. The van der Waals surface area contributed by atoms with E-state index in [-0.39, 0.29) is 5.60 Å². The van der Waals surface area contributed by atoms with Crippen LogP contribution < -0.4 is 4.74 Å². The fourth-order valence-corrected chi connectivity index (χ4v) is 2.26. The zero-order chi connectivity index (χ0) is 14.0. The molecule has 0 radical (unpaired) electrons. The van der Waals surface area contributed by atoms with Crippen molar-refractivity contribution in [3.8, 4) is 5.75 Å². The zero-order valence-corrected chi connectivity index (χ0v) is 11.8. The number of hydrogen-bond acceptors (Lipinski definition) is 1. The SMILES string of the molecule is CC1(C)C=Cc2cc(/C=C/c3ccccc3)ccc2O1. The lowest BCUT2D eigenvalue weighted by Crippen LogP contribution is -2.27. The average Bonchev–Trinajstić information content (AvgIpc) is 2.45. The smallest absolute Gasteiger partial charge is 0.127 e. The van der Waals surface area contributed by atoms with Gasteiger partial charge in [0.1, 0.15) is 11.4 Å². The second-order valence-electron chi connectivity index (χ2n) is 5.58. The third kappa shape index (κ3) is 2.83. The first kappa shape index (κ1) is 12.7. The molecule has 1 nitrogen and oxygen atoms in total. The first-order chi connectivity index (χ1) is 9.62. The Labute approximate surface area is 120 Å². The van der Waals surface area contributed by atoms with Crippen LogP contribution in [0, 0.1) is 0 Å². The van der Waals surface area contributed by atoms with Gasteiger partial charge >= 0.3 is 0 Å². The molecule has 0 saturated heterocycles. The minimum absolute atomic E-state index is 0.214. The molecule has 0 atom stereocenters. The maximum absolute atomic E-state index is 5.93. The summed E-state index contributed by atoms with van der Waals surface area (Å²) in [4.78, 5) is 0. The van der Waals surface area contributed by atoms with Gasteiger partial charge in [0.05, 0.1) is 0 Å². The van der Waals surface area contributed by atoms with E-state index in [2.05, 4.69) is 62.4 Å². The molecule has 2 aromatic rings. The lowest BCUT2D eigenvalue weighted by molar-refractivity contribution is 0.159. The summed E-state index contributed by atoms with van der Waals surface area (Å²) in [7, 11) is 0. The van der Waals surface area contributed by atoms with Gasteiger partial charge in [0.15, 0.2) is 0 Å². The van der Waals surface area contributed by atoms with E-state index in [4.69, 9.17) is 4.74 Å². The number of rotatable bonds is 2. The molecule has 0 aliphatic carbocycles. The van der Waals surface area contributed by atoms with Gasteiger partial charge in [-0.25, -0.2) is 0 Å². The van der Waals surface area contributed by atoms with E-state index in [0.29, 0.717) is 0 Å². The van der Waals surface area contributed by atoms with Crippen molar-refractivity contribution in [2.45, 2.75) is 19.4 Å². The van der Waals surface area contributed by atoms with Crippen LogP contribution in [0.4, 0.5) is 0 Å². The van der Waals surface area contributed by atoms with Gasteiger partial charge in [0.2, 0.25) is 0 Å². The van der Waals surface area contributed by atoms with Crippen molar-refractivity contribution >= 4 is 18.2 Å². The lowest BCUT2D eigenvalue weighted by Gasteiger charge is -2.27. The highest BCUT2D eigenvalue weighted by molar-refractivity contribution is 5.73. The predicted molar refractivity (Wildman–Crippen MR) is 85.6 cm³/mol. The Hall–Kier alpha value is -2.28. The highest BCUT2D eigenvalue weighted by Gasteiger charge is 2.21. The monoisotopic (exact) mass is 262 g/mol. The van der Waals surface area contributed by atoms with Crippen LogP contribution >= 0.6 is 0 Å². The van der Waals surface area contributed by atoms with Crippen molar-refractivity contribution in [2.75, 3.05) is 0 Å². The van der Waals surface area contributed by atoms with E-state index in [9.17, 15) is 0 Å². The Morgan fingerprint density at radius 1 is 0.900 bits per heavy atom. The fourth-order valence-electron chi connectivity index (χ4n) is 2.26. The molecule has 3 rings (SSSR count). The molecule has 1 heterocycles. The van der Waals surface area contributed by atoms with E-state index >= 15 is 0 Å². The molecule has 0 bridgehead atoms. The Morgan fingerprint density at radius 2 is 1.65 bits per heavy atom. The second kappa shape index (κ2) is 5.01. The summed E-state index contributed by atoms with van der Waals surface area (Å²) in [5.74, 6) is 0.953. The van der Waals surface area contributed by atoms with Crippen LogP contribution in [0.1, 0.15) is 30.5 Å². The Kier molecular flexibility index (Phi) is 3.19. The first-order valence-corrected chi connectivity index (χ1v) is 6.88. The summed E-state index contributed by atoms with van der Waals surface area (Å²) in [5, 5.41) is 0. The van der Waals surface area contributed by atoms with Crippen molar-refractivity contribution in [1.82, 2.24) is 0 Å². The molecule has 0 spiro atoms. The van der Waals surface area contributed by atoms with Gasteiger partial charge in [0.25, 0.3) is 0 Å². The summed E-state index contributed by atoms with van der Waals surface area (Å²) >= 11 is 0. The quantitative estimate of drug-likeness (QED) is 0.689. The third-order valence-electron chi connectivity index (χ3n) is 3.34. The first-order valence-electron chi connectivity index (χ1n) is 6.88. The topological polar surface area (TPSA) is 9.23 Å². The van der Waals surface area contributed by atoms with Gasteiger partial charge in [0, 0.05) is 5.56 Å². The molecule has 0 saturated carbocycles. The maximum Gasteiger partial charge on any atom is 0.127 e. The van der Waals surface area contributed by atoms with Gasteiger partial charge in [-0.3, -0.25) is 0 Å². The van der Waals surface area contributed by atoms with Crippen LogP contribution in [0.5, 0.6) is 5.75 Å². The highest BCUT2D eigenvalue weighted by Crippen LogP contribution is 2.31. The van der Waals surface area contributed by atoms with Crippen LogP contribution in [-0.4, -0.2) is 5.60 Å². The Balaban J connectivity index is 1.85. The molecule has 0 amide bonds. The second-order valence-corrected chi connectivity index (χ2v) is 5.58. The molecule has 0 fully saturated rings. The van der Waals surface area contributed by atoms with Crippen LogP contribution in [-0.2, 0) is 0 Å². The van der Waals surface area contributed by atoms with Gasteiger partial charge in [-0.1, -0.05) is 54.6 Å². The molecule has 100 valence electrons. The predicted octanol–water partition coefficient (Wildman–Crippen LogP) is 5.04. The van der Waals surface area contributed by atoms with Gasteiger partial charge in [-0.05, 0) is 43.2 Å². The highest BCUT2D eigenvalue weighted by atomic mass is 16.5. The van der Waals surface area contributed by atoms with Gasteiger partial charge in [-0.15, -0.1) is 0 Å². The Morgan fingerprint density at radius 3 is 2.45 bits per heavy atom. The maximum atomic E-state index is 5.93. The van der Waals surface area contributed by atoms with E-state index in [1.807, 2.05) is 24.3 Å². The minimum atomic E-state index is -0.214. The molecule has 0 aromatic heterocycles. The molecule has 20 heavy (non-hydrogen) atoms. The van der Waals surface area contributed by atoms with E-state index in [1.165, 1.54) is 11.1 Å². The molecule has 1 heteroatoms. The van der Waals surface area contributed by atoms with Gasteiger partial charge < -0.3 is 4.74 Å². The van der Waals surface area contributed by atoms with Crippen LogP contribution in [0.25, 0.3) is 18.2 Å². The standard InChI is InChI=1S/C19H18O/c1-19(2)13-12-17-14-16(10-11-18(17)20-19)9-8-15-6-4-3-5-7-15/h3-14H,1-2H3/b9-8+. The van der Waals surface area contributed by atoms with Crippen molar-refractivity contribution in [1.29, 1.82) is 0 Å². The van der Waals surface area contributed by atoms with E-state index < -0.39 is 0 Å². The molecule has 1 aliphatic rings. The normalized spacial score (nSPS) is 15.9. The summed E-state index contributed by atoms with van der Waals surface area (Å²) in [5.41, 5.74) is 3.31. The molecule has 0 N–H and O–H groups in total. The Bertz CT molecular complexity index is 663. The molecular weight excluding hydrogens is 244 g/mol. The van der Waals surface area contributed by atoms with Crippen LogP contribution in [0.15, 0.2) is 54.6 Å². The third-order valence-corrected chi connectivity index (χ3v) is 3.34. The molecular formula is C19H18O. The van der Waals surface area contributed by atoms with E-state index in [0.717, 1.165) is 11.3 Å². The van der Waals surface area contributed by atoms with Gasteiger partial charge in [-0.2, -0.15) is 0 Å². The molecule has 2 aromatic carbocycles. The minimum Gasteiger partial charge on any atom is -0.483 e. The summed E-state index contributed by atoms with van der Waals surface area (Å²) in [6.45, 7) is 4.13. The number of ether oxygens (including phenoxy) is 1. The largest absolute Gasteiger partial charge is 0.483 e. The van der Waals surface area contributed by atoms with Crippen molar-refractivity contribution in [3.05, 3.63) is 71.3 Å². The summed E-state index contributed by atoms with van der Waals surface area (Å²) in [6.07, 6.45) is 8.49. The summed E-state index contributed by atoms with van der Waals surface area (Å²) in [6, 6.07) is 16.6. The lowest BCUT2D eigenvalue weighted by atomic mass is 10.0. The van der Waals surface area contributed by atoms with E-state index in [1.54, 1.807) is 0 Å². The van der Waals surface area contributed by atoms with Crippen LogP contribution in [0.3, 0.4) is 0 Å². The zero-order valence-electron chi connectivity index (χ0n) is 11.8. The molecule has 0 unspecified atom stereocenters. The van der Waals surface area contributed by atoms with Crippen LogP contribution in [0.2, 0.25) is 0 Å². The number of fused-ring (bicyclic) bond motifs is 1. The average molecular weight is 262 g/mol. The van der Waals surface area contributed by atoms with Crippen molar-refractivity contribution in [2.24, 2.45) is 0 Å². The number of hydrogen-bond donors (Lipinski definition) is 0. The fraction of sp³-hybridized carbons (Fsp3) is 0.158. The summed E-state index contributed by atoms with van der Waals surface area (Å²) < 4.78 is 5.93.